The zero-order valence-electron chi connectivity index (χ0n) is 20.3. The maximum absolute atomic E-state index is 4.19. The van der Waals surface area contributed by atoms with E-state index in [1.165, 1.54) is 45.1 Å². The fourth-order valence-corrected chi connectivity index (χ4v) is 4.18. The van der Waals surface area contributed by atoms with Crippen LogP contribution in [0.3, 0.4) is 0 Å². The Morgan fingerprint density at radius 3 is 1.76 bits per heavy atom. The molecule has 0 spiro atoms. The van der Waals surface area contributed by atoms with Crippen molar-refractivity contribution in [3.05, 3.63) is 88.4 Å². The topological polar surface area (TPSA) is 0 Å². The first-order chi connectivity index (χ1) is 13.8. The van der Waals surface area contributed by atoms with Crippen molar-refractivity contribution in [2.75, 3.05) is 0 Å². The number of hydrogen-bond donors (Lipinski definition) is 0. The quantitative estimate of drug-likeness (QED) is 0.432. The normalized spacial score (nSPS) is 14.7. The summed E-state index contributed by atoms with van der Waals surface area (Å²) in [4.78, 5) is 0. The van der Waals surface area contributed by atoms with Crippen LogP contribution < -0.4 is 5.46 Å². The van der Waals surface area contributed by atoms with Gasteiger partial charge in [-0.3, -0.25) is 0 Å². The predicted molar refractivity (Wildman–Crippen MR) is 136 cm³/mol. The minimum Gasteiger partial charge on any atom is -0.0995 e. The Hall–Kier alpha value is -2.02. The Balaban J connectivity index is 0.00000132. The number of hydrogen-bond acceptors (Lipinski definition) is 0. The van der Waals surface area contributed by atoms with Crippen LogP contribution in [0.5, 0.6) is 0 Å². The molecule has 1 heteroatoms. The Kier molecular flexibility index (Phi) is 10.2. The number of rotatable bonds is 6. The largest absolute Gasteiger partial charge is 0.243 e. The van der Waals surface area contributed by atoms with E-state index in [0.29, 0.717) is 11.8 Å². The van der Waals surface area contributed by atoms with E-state index >= 15 is 0 Å². The van der Waals surface area contributed by atoms with E-state index in [2.05, 4.69) is 117 Å². The first-order valence-electron chi connectivity index (χ1n) is 11.3. The highest BCUT2D eigenvalue weighted by Gasteiger charge is 2.36. The zero-order chi connectivity index (χ0) is 22.1. The number of allylic oxidation sites excluding steroid dienone is 9. The molecule has 1 aliphatic rings. The second-order valence-corrected chi connectivity index (χ2v) is 8.45. The van der Waals surface area contributed by atoms with Gasteiger partial charge in [-0.1, -0.05) is 120 Å². The summed E-state index contributed by atoms with van der Waals surface area (Å²) in [6.45, 7) is 24.4. The highest BCUT2D eigenvalue weighted by molar-refractivity contribution is 6.89. The summed E-state index contributed by atoms with van der Waals surface area (Å²) in [6, 6.07) is 6.84. The van der Waals surface area contributed by atoms with E-state index in [4.69, 9.17) is 0 Å². The fourth-order valence-electron chi connectivity index (χ4n) is 4.18. The van der Waals surface area contributed by atoms with Gasteiger partial charge in [0.05, 0.1) is 0 Å². The molecule has 0 radical (unpaired) electrons. The average molecular weight is 388 g/mol. The second kappa shape index (κ2) is 11.9. The molecule has 0 atom stereocenters. The SMILES string of the molecule is C=CC1=C(/C=C\C)C(C)=C(/C=C\C)B1c1c(C(C)C)cccc1C(C)C.CCC. The summed E-state index contributed by atoms with van der Waals surface area (Å²) in [7, 11) is 0. The molecule has 1 aliphatic heterocycles. The third-order valence-corrected chi connectivity index (χ3v) is 5.38. The number of benzene rings is 1. The van der Waals surface area contributed by atoms with Crippen LogP contribution in [0.4, 0.5) is 0 Å². The highest BCUT2D eigenvalue weighted by Crippen LogP contribution is 2.36. The minimum absolute atomic E-state index is 0.269. The summed E-state index contributed by atoms with van der Waals surface area (Å²) >= 11 is 0. The maximum Gasteiger partial charge on any atom is 0.243 e. The van der Waals surface area contributed by atoms with Crippen LogP contribution in [0.1, 0.15) is 91.7 Å². The third kappa shape index (κ3) is 5.53. The molecule has 0 aromatic heterocycles. The average Bonchev–Trinajstić information content (AvgIpc) is 2.93. The molecular formula is C28H41B. The van der Waals surface area contributed by atoms with Gasteiger partial charge in [0.1, 0.15) is 0 Å². The van der Waals surface area contributed by atoms with Crippen LogP contribution in [-0.4, -0.2) is 6.71 Å². The standard InChI is InChI=1S/C25H33B.C3H8/c1-9-13-22-19(8)24(14-10-2)26(23(22)11-3)25-20(17(4)5)15-12-16-21(25)18(6)7;1-3-2/h9-18H,3H2,1-2,4-8H3;3H2,1-2H3/b13-9-,14-10-;. The molecule has 0 N–H and O–H groups in total. The van der Waals surface area contributed by atoms with E-state index in [-0.39, 0.29) is 6.71 Å². The molecule has 0 saturated heterocycles. The van der Waals surface area contributed by atoms with Crippen molar-refractivity contribution < 1.29 is 0 Å². The van der Waals surface area contributed by atoms with E-state index in [9.17, 15) is 0 Å². The van der Waals surface area contributed by atoms with Gasteiger partial charge in [-0.2, -0.15) is 0 Å². The monoisotopic (exact) mass is 388 g/mol. The maximum atomic E-state index is 4.19. The van der Waals surface area contributed by atoms with Gasteiger partial charge in [-0.05, 0) is 54.9 Å². The molecule has 0 aliphatic carbocycles. The van der Waals surface area contributed by atoms with Gasteiger partial charge in [0, 0.05) is 0 Å². The van der Waals surface area contributed by atoms with Gasteiger partial charge >= 0.3 is 0 Å². The Morgan fingerprint density at radius 2 is 1.38 bits per heavy atom. The third-order valence-electron chi connectivity index (χ3n) is 5.38. The minimum atomic E-state index is 0.269. The smallest absolute Gasteiger partial charge is 0.0995 e. The van der Waals surface area contributed by atoms with E-state index in [1.807, 2.05) is 0 Å². The fraction of sp³-hybridized carbons (Fsp3) is 0.429. The molecule has 156 valence electrons. The molecule has 29 heavy (non-hydrogen) atoms. The van der Waals surface area contributed by atoms with Crippen LogP contribution >= 0.6 is 0 Å². The molecule has 1 aromatic rings. The lowest BCUT2D eigenvalue weighted by atomic mass is 9.35. The van der Waals surface area contributed by atoms with Crippen molar-refractivity contribution >= 4 is 12.2 Å². The molecular weight excluding hydrogens is 347 g/mol. The Morgan fingerprint density at radius 1 is 0.897 bits per heavy atom. The second-order valence-electron chi connectivity index (χ2n) is 8.45. The molecule has 1 aromatic carbocycles. The molecule has 0 unspecified atom stereocenters. The summed E-state index contributed by atoms with van der Waals surface area (Å²) in [5.74, 6) is 0.986. The highest BCUT2D eigenvalue weighted by atomic mass is 14.2. The zero-order valence-corrected chi connectivity index (χ0v) is 20.3. The van der Waals surface area contributed by atoms with Gasteiger partial charge in [0.25, 0.3) is 0 Å². The first kappa shape index (κ1) is 25.0. The van der Waals surface area contributed by atoms with Crippen LogP contribution in [0, 0.1) is 0 Å². The van der Waals surface area contributed by atoms with Crippen molar-refractivity contribution in [1.82, 2.24) is 0 Å². The van der Waals surface area contributed by atoms with Crippen molar-refractivity contribution in [2.24, 2.45) is 0 Å². The van der Waals surface area contributed by atoms with E-state index in [1.54, 1.807) is 0 Å². The summed E-state index contributed by atoms with van der Waals surface area (Å²) in [5.41, 5.74) is 9.84. The van der Waals surface area contributed by atoms with Gasteiger partial charge < -0.3 is 0 Å². The van der Waals surface area contributed by atoms with E-state index < -0.39 is 0 Å². The van der Waals surface area contributed by atoms with E-state index in [0.717, 1.165) is 0 Å². The van der Waals surface area contributed by atoms with Crippen molar-refractivity contribution in [2.45, 2.75) is 80.6 Å². The predicted octanol–water partition coefficient (Wildman–Crippen LogP) is 8.09. The van der Waals surface area contributed by atoms with Crippen LogP contribution in [0.25, 0.3) is 0 Å². The Bertz CT molecular complexity index is 786. The van der Waals surface area contributed by atoms with Gasteiger partial charge in [0.15, 0.2) is 0 Å². The lowest BCUT2D eigenvalue weighted by molar-refractivity contribution is 0.845. The molecule has 2 rings (SSSR count). The molecule has 0 nitrogen and oxygen atoms in total. The summed E-state index contributed by atoms with van der Waals surface area (Å²) in [5, 5.41) is 0. The molecule has 0 fully saturated rings. The molecule has 1 heterocycles. The summed E-state index contributed by atoms with van der Waals surface area (Å²) in [6.07, 6.45) is 12.2. The van der Waals surface area contributed by atoms with Crippen molar-refractivity contribution in [1.29, 1.82) is 0 Å². The Labute approximate surface area is 181 Å². The molecule has 0 amide bonds. The van der Waals surface area contributed by atoms with Gasteiger partial charge in [-0.25, -0.2) is 0 Å². The van der Waals surface area contributed by atoms with Crippen molar-refractivity contribution in [3.8, 4) is 0 Å². The van der Waals surface area contributed by atoms with Gasteiger partial charge in [-0.15, -0.1) is 0 Å². The van der Waals surface area contributed by atoms with Crippen LogP contribution in [-0.2, 0) is 0 Å². The lowest BCUT2D eigenvalue weighted by Crippen LogP contribution is -2.39. The lowest BCUT2D eigenvalue weighted by Gasteiger charge is -2.25. The van der Waals surface area contributed by atoms with Crippen LogP contribution in [0.2, 0.25) is 0 Å². The van der Waals surface area contributed by atoms with Gasteiger partial charge in [0.2, 0.25) is 6.71 Å². The molecule has 0 saturated carbocycles. The first-order valence-corrected chi connectivity index (χ1v) is 11.3. The van der Waals surface area contributed by atoms with Crippen LogP contribution in [0.15, 0.2) is 77.2 Å². The summed E-state index contributed by atoms with van der Waals surface area (Å²) < 4.78 is 0. The molecule has 0 bridgehead atoms. The van der Waals surface area contributed by atoms with Crippen molar-refractivity contribution in [3.63, 3.8) is 0 Å².